The average Bonchev–Trinajstić information content (AvgIpc) is 2.54. The Morgan fingerprint density at radius 1 is 1.19 bits per heavy atom. The lowest BCUT2D eigenvalue weighted by atomic mass is 9.90. The highest BCUT2D eigenvalue weighted by atomic mass is 15.1. The van der Waals surface area contributed by atoms with Gasteiger partial charge in [0.15, 0.2) is 0 Å². The molecule has 0 unspecified atom stereocenters. The van der Waals surface area contributed by atoms with Crippen molar-refractivity contribution < 1.29 is 0 Å². The summed E-state index contributed by atoms with van der Waals surface area (Å²) < 4.78 is 0. The topological polar surface area (TPSA) is 3.24 Å². The molecule has 0 spiro atoms. The van der Waals surface area contributed by atoms with E-state index in [9.17, 15) is 0 Å². The molecule has 1 aliphatic rings. The molecule has 1 heterocycles. The van der Waals surface area contributed by atoms with Gasteiger partial charge in [-0.05, 0) is 76.6 Å². The third-order valence-electron chi connectivity index (χ3n) is 4.91. The van der Waals surface area contributed by atoms with Crippen LogP contribution in [0.1, 0.15) is 51.5 Å². The fourth-order valence-corrected chi connectivity index (χ4v) is 3.42. The molecule has 0 radical (unpaired) electrons. The molecule has 1 aromatic carbocycles. The third-order valence-corrected chi connectivity index (χ3v) is 4.91. The van der Waals surface area contributed by atoms with E-state index in [-0.39, 0.29) is 0 Å². The molecule has 0 saturated carbocycles. The van der Waals surface area contributed by atoms with Gasteiger partial charge in [-0.1, -0.05) is 48.9 Å². The molecular formula is C20H31N. The quantitative estimate of drug-likeness (QED) is 0.632. The zero-order valence-corrected chi connectivity index (χ0v) is 13.9. The van der Waals surface area contributed by atoms with E-state index < -0.39 is 0 Å². The van der Waals surface area contributed by atoms with Gasteiger partial charge in [-0.2, -0.15) is 0 Å². The van der Waals surface area contributed by atoms with Crippen LogP contribution in [0.5, 0.6) is 0 Å². The smallest absolute Gasteiger partial charge is 0.00157 e. The predicted molar refractivity (Wildman–Crippen MR) is 92.6 cm³/mol. The number of hydrogen-bond acceptors (Lipinski definition) is 1. The third kappa shape index (κ3) is 5.67. The Balaban J connectivity index is 1.64. The number of allylic oxidation sites excluding steroid dienone is 2. The maximum absolute atomic E-state index is 2.67. The molecule has 0 aromatic heterocycles. The van der Waals surface area contributed by atoms with Gasteiger partial charge < -0.3 is 4.90 Å². The minimum Gasteiger partial charge on any atom is -0.303 e. The van der Waals surface area contributed by atoms with Gasteiger partial charge in [0.25, 0.3) is 0 Å². The molecule has 1 fully saturated rings. The SMILES string of the molecule is C/C=C(\CC)CCCN1CCC(Cc2ccccc2)CC1. The summed E-state index contributed by atoms with van der Waals surface area (Å²) in [5.41, 5.74) is 3.13. The van der Waals surface area contributed by atoms with E-state index in [0.717, 1.165) is 5.92 Å². The minimum atomic E-state index is 0.894. The molecule has 1 heteroatoms. The fourth-order valence-electron chi connectivity index (χ4n) is 3.42. The second-order valence-electron chi connectivity index (χ2n) is 6.38. The van der Waals surface area contributed by atoms with Crippen LogP contribution in [-0.4, -0.2) is 24.5 Å². The molecule has 21 heavy (non-hydrogen) atoms. The summed E-state index contributed by atoms with van der Waals surface area (Å²) in [5.74, 6) is 0.894. The summed E-state index contributed by atoms with van der Waals surface area (Å²) in [6.07, 6.45) is 10.2. The Morgan fingerprint density at radius 3 is 2.52 bits per heavy atom. The zero-order valence-electron chi connectivity index (χ0n) is 13.9. The van der Waals surface area contributed by atoms with Crippen molar-refractivity contribution in [3.05, 3.63) is 47.5 Å². The van der Waals surface area contributed by atoms with Crippen LogP contribution in [0.25, 0.3) is 0 Å². The van der Waals surface area contributed by atoms with Crippen molar-refractivity contribution in [3.63, 3.8) is 0 Å². The molecule has 0 amide bonds. The Morgan fingerprint density at radius 2 is 1.90 bits per heavy atom. The highest BCUT2D eigenvalue weighted by molar-refractivity contribution is 5.15. The summed E-state index contributed by atoms with van der Waals surface area (Å²) in [4.78, 5) is 2.67. The van der Waals surface area contributed by atoms with E-state index in [4.69, 9.17) is 0 Å². The number of hydrogen-bond donors (Lipinski definition) is 0. The monoisotopic (exact) mass is 285 g/mol. The van der Waals surface area contributed by atoms with Crippen LogP contribution >= 0.6 is 0 Å². The lowest BCUT2D eigenvalue weighted by molar-refractivity contribution is 0.182. The van der Waals surface area contributed by atoms with Crippen LogP contribution in [0.2, 0.25) is 0 Å². The molecular weight excluding hydrogens is 254 g/mol. The van der Waals surface area contributed by atoms with Crippen LogP contribution in [-0.2, 0) is 6.42 Å². The molecule has 1 nitrogen and oxygen atoms in total. The van der Waals surface area contributed by atoms with Crippen molar-refractivity contribution in [2.45, 2.75) is 52.4 Å². The molecule has 0 aliphatic carbocycles. The van der Waals surface area contributed by atoms with E-state index >= 15 is 0 Å². The van der Waals surface area contributed by atoms with Crippen molar-refractivity contribution in [1.29, 1.82) is 0 Å². The first-order chi connectivity index (χ1) is 10.3. The van der Waals surface area contributed by atoms with E-state index in [1.54, 1.807) is 5.57 Å². The first-order valence-electron chi connectivity index (χ1n) is 8.72. The van der Waals surface area contributed by atoms with E-state index in [1.807, 2.05) is 0 Å². The summed E-state index contributed by atoms with van der Waals surface area (Å²) >= 11 is 0. The fraction of sp³-hybridized carbons (Fsp3) is 0.600. The molecule has 2 rings (SSSR count). The van der Waals surface area contributed by atoms with Gasteiger partial charge in [0.1, 0.15) is 0 Å². The largest absolute Gasteiger partial charge is 0.303 e. The number of piperidine rings is 1. The second-order valence-corrected chi connectivity index (χ2v) is 6.38. The summed E-state index contributed by atoms with van der Waals surface area (Å²) in [6, 6.07) is 11.0. The first kappa shape index (κ1) is 16.3. The number of likely N-dealkylation sites (tertiary alicyclic amines) is 1. The Labute approximate surface area is 131 Å². The molecule has 1 aliphatic heterocycles. The molecule has 116 valence electrons. The van der Waals surface area contributed by atoms with E-state index in [2.05, 4.69) is 55.2 Å². The summed E-state index contributed by atoms with van der Waals surface area (Å²) in [6.45, 7) is 8.33. The number of nitrogens with zero attached hydrogens (tertiary/aromatic N) is 1. The number of benzene rings is 1. The zero-order chi connectivity index (χ0) is 14.9. The molecule has 0 atom stereocenters. The van der Waals surface area contributed by atoms with Crippen molar-refractivity contribution in [2.75, 3.05) is 19.6 Å². The maximum atomic E-state index is 2.67. The van der Waals surface area contributed by atoms with Crippen LogP contribution in [0.4, 0.5) is 0 Å². The lowest BCUT2D eigenvalue weighted by Crippen LogP contribution is -2.35. The van der Waals surface area contributed by atoms with Crippen molar-refractivity contribution >= 4 is 0 Å². The summed E-state index contributed by atoms with van der Waals surface area (Å²) in [7, 11) is 0. The normalized spacial score (nSPS) is 18.1. The van der Waals surface area contributed by atoms with Crippen LogP contribution in [0, 0.1) is 5.92 Å². The van der Waals surface area contributed by atoms with Crippen molar-refractivity contribution in [3.8, 4) is 0 Å². The second kappa shape index (κ2) is 9.04. The van der Waals surface area contributed by atoms with Crippen molar-refractivity contribution in [2.24, 2.45) is 5.92 Å². The van der Waals surface area contributed by atoms with Gasteiger partial charge >= 0.3 is 0 Å². The van der Waals surface area contributed by atoms with Gasteiger partial charge in [-0.3, -0.25) is 0 Å². The Kier molecular flexibility index (Phi) is 7.02. The van der Waals surface area contributed by atoms with Gasteiger partial charge in [-0.15, -0.1) is 0 Å². The molecule has 1 saturated heterocycles. The summed E-state index contributed by atoms with van der Waals surface area (Å²) in [5, 5.41) is 0. The highest BCUT2D eigenvalue weighted by Crippen LogP contribution is 2.22. The van der Waals surface area contributed by atoms with E-state index in [1.165, 1.54) is 63.7 Å². The molecule has 0 bridgehead atoms. The van der Waals surface area contributed by atoms with Gasteiger partial charge in [-0.25, -0.2) is 0 Å². The maximum Gasteiger partial charge on any atom is -0.00157 e. The van der Waals surface area contributed by atoms with E-state index in [0.29, 0.717) is 0 Å². The minimum absolute atomic E-state index is 0.894. The van der Waals surface area contributed by atoms with Gasteiger partial charge in [0.05, 0.1) is 0 Å². The Hall–Kier alpha value is -1.08. The predicted octanol–water partition coefficient (Wildman–Crippen LogP) is 5.08. The first-order valence-corrected chi connectivity index (χ1v) is 8.72. The Bertz CT molecular complexity index is 413. The van der Waals surface area contributed by atoms with Crippen LogP contribution in [0.3, 0.4) is 0 Å². The standard InChI is InChI=1S/C20H31N/c1-3-18(4-2)11-8-14-21-15-12-20(13-16-21)17-19-9-6-5-7-10-19/h3,5-7,9-10,20H,4,8,11-17H2,1-2H3/b18-3+. The lowest BCUT2D eigenvalue weighted by Gasteiger charge is -2.32. The number of rotatable bonds is 7. The average molecular weight is 285 g/mol. The van der Waals surface area contributed by atoms with Gasteiger partial charge in [0, 0.05) is 0 Å². The van der Waals surface area contributed by atoms with Crippen LogP contribution < -0.4 is 0 Å². The highest BCUT2D eigenvalue weighted by Gasteiger charge is 2.18. The van der Waals surface area contributed by atoms with Crippen LogP contribution in [0.15, 0.2) is 42.0 Å². The molecule has 1 aromatic rings. The van der Waals surface area contributed by atoms with Crippen molar-refractivity contribution in [1.82, 2.24) is 4.90 Å². The van der Waals surface area contributed by atoms with Gasteiger partial charge in [0.2, 0.25) is 0 Å². The molecule has 0 N–H and O–H groups in total.